The largest absolute Gasteiger partial charge is 0.497 e. The number of methoxy groups -OCH3 is 1. The van der Waals surface area contributed by atoms with E-state index in [1.807, 2.05) is 24.4 Å². The van der Waals surface area contributed by atoms with Crippen molar-refractivity contribution < 1.29 is 4.74 Å². The minimum absolute atomic E-state index is 0.217. The van der Waals surface area contributed by atoms with Crippen LogP contribution in [0.2, 0.25) is 0 Å². The van der Waals surface area contributed by atoms with Crippen LogP contribution in [0.5, 0.6) is 5.75 Å². The standard InChI is InChI=1S/C17H23N3O/c1-4-8-20(9-5-2)17(11-18)15-12-19-16-7-6-13(21-3)10-14(15)16/h6-7,10,12,17,19H,4-5,8-9H2,1-3H3. The molecule has 21 heavy (non-hydrogen) atoms. The molecule has 0 aliphatic rings. The van der Waals surface area contributed by atoms with Gasteiger partial charge in [-0.05, 0) is 44.1 Å². The highest BCUT2D eigenvalue weighted by atomic mass is 16.5. The molecule has 0 amide bonds. The van der Waals surface area contributed by atoms with Crippen LogP contribution in [0.4, 0.5) is 0 Å². The van der Waals surface area contributed by atoms with Crippen LogP contribution in [0, 0.1) is 11.3 Å². The normalized spacial score (nSPS) is 12.5. The summed E-state index contributed by atoms with van der Waals surface area (Å²) in [6.45, 7) is 6.16. The van der Waals surface area contributed by atoms with Crippen LogP contribution >= 0.6 is 0 Å². The van der Waals surface area contributed by atoms with E-state index in [0.717, 1.165) is 48.1 Å². The number of nitrogens with one attached hydrogen (secondary N) is 1. The van der Waals surface area contributed by atoms with Crippen molar-refractivity contribution in [2.75, 3.05) is 20.2 Å². The van der Waals surface area contributed by atoms with Gasteiger partial charge in [-0.25, -0.2) is 0 Å². The van der Waals surface area contributed by atoms with E-state index in [1.54, 1.807) is 7.11 Å². The highest BCUT2D eigenvalue weighted by Crippen LogP contribution is 2.30. The number of ether oxygens (including phenoxy) is 1. The lowest BCUT2D eigenvalue weighted by Crippen LogP contribution is -2.29. The van der Waals surface area contributed by atoms with Gasteiger partial charge in [-0.15, -0.1) is 0 Å². The quantitative estimate of drug-likeness (QED) is 0.840. The molecule has 4 heteroatoms. The van der Waals surface area contributed by atoms with Gasteiger partial charge in [0.05, 0.1) is 13.2 Å². The van der Waals surface area contributed by atoms with Crippen molar-refractivity contribution in [1.82, 2.24) is 9.88 Å². The van der Waals surface area contributed by atoms with Gasteiger partial charge >= 0.3 is 0 Å². The molecule has 1 aromatic heterocycles. The summed E-state index contributed by atoms with van der Waals surface area (Å²) in [7, 11) is 1.66. The molecule has 0 bridgehead atoms. The summed E-state index contributed by atoms with van der Waals surface area (Å²) in [6, 6.07) is 8.18. The van der Waals surface area contributed by atoms with Gasteiger partial charge in [0.2, 0.25) is 0 Å². The Morgan fingerprint density at radius 3 is 2.57 bits per heavy atom. The lowest BCUT2D eigenvalue weighted by atomic mass is 10.0. The molecule has 1 N–H and O–H groups in total. The Morgan fingerprint density at radius 1 is 1.29 bits per heavy atom. The Labute approximate surface area is 126 Å². The first-order valence-corrected chi connectivity index (χ1v) is 7.53. The van der Waals surface area contributed by atoms with Gasteiger partial charge in [0.25, 0.3) is 0 Å². The van der Waals surface area contributed by atoms with Crippen molar-refractivity contribution in [3.63, 3.8) is 0 Å². The summed E-state index contributed by atoms with van der Waals surface area (Å²) in [5.41, 5.74) is 2.08. The molecular formula is C17H23N3O. The molecule has 2 rings (SSSR count). The second kappa shape index (κ2) is 7.14. The molecule has 2 aromatic rings. The predicted octanol–water partition coefficient (Wildman–Crippen LogP) is 3.86. The van der Waals surface area contributed by atoms with E-state index in [0.29, 0.717) is 0 Å². The smallest absolute Gasteiger partial charge is 0.125 e. The van der Waals surface area contributed by atoms with Crippen molar-refractivity contribution in [2.24, 2.45) is 0 Å². The van der Waals surface area contributed by atoms with E-state index in [9.17, 15) is 5.26 Å². The molecule has 1 unspecified atom stereocenters. The maximum Gasteiger partial charge on any atom is 0.125 e. The third-order valence-corrected chi connectivity index (χ3v) is 3.72. The monoisotopic (exact) mass is 285 g/mol. The molecule has 0 aliphatic carbocycles. The summed E-state index contributed by atoms with van der Waals surface area (Å²) < 4.78 is 5.31. The minimum Gasteiger partial charge on any atom is -0.497 e. The second-order valence-corrected chi connectivity index (χ2v) is 5.22. The minimum atomic E-state index is -0.217. The van der Waals surface area contributed by atoms with Gasteiger partial charge in [0, 0.05) is 22.7 Å². The zero-order valence-corrected chi connectivity index (χ0v) is 13.0. The molecule has 0 radical (unpaired) electrons. The number of nitrogens with zero attached hydrogens (tertiary/aromatic N) is 2. The predicted molar refractivity (Wildman–Crippen MR) is 85.4 cm³/mol. The number of hydrogen-bond donors (Lipinski definition) is 1. The molecule has 1 atom stereocenters. The van der Waals surface area contributed by atoms with Gasteiger partial charge in [-0.2, -0.15) is 5.26 Å². The average molecular weight is 285 g/mol. The second-order valence-electron chi connectivity index (χ2n) is 5.22. The molecular weight excluding hydrogens is 262 g/mol. The van der Waals surface area contributed by atoms with Crippen molar-refractivity contribution in [3.8, 4) is 11.8 Å². The van der Waals surface area contributed by atoms with Crippen LogP contribution in [0.25, 0.3) is 10.9 Å². The maximum atomic E-state index is 9.67. The lowest BCUT2D eigenvalue weighted by molar-refractivity contribution is 0.237. The lowest BCUT2D eigenvalue weighted by Gasteiger charge is -2.26. The van der Waals surface area contributed by atoms with E-state index in [-0.39, 0.29) is 6.04 Å². The van der Waals surface area contributed by atoms with E-state index in [4.69, 9.17) is 4.74 Å². The van der Waals surface area contributed by atoms with Crippen molar-refractivity contribution in [2.45, 2.75) is 32.7 Å². The van der Waals surface area contributed by atoms with Gasteiger partial charge in [-0.3, -0.25) is 4.90 Å². The Hall–Kier alpha value is -1.99. The first-order valence-electron chi connectivity index (χ1n) is 7.53. The number of H-pyrrole nitrogens is 1. The van der Waals surface area contributed by atoms with E-state index >= 15 is 0 Å². The van der Waals surface area contributed by atoms with Crippen LogP contribution in [-0.4, -0.2) is 30.1 Å². The molecule has 112 valence electrons. The molecule has 1 aromatic carbocycles. The Balaban J connectivity index is 2.43. The van der Waals surface area contributed by atoms with Crippen molar-refractivity contribution >= 4 is 10.9 Å². The zero-order chi connectivity index (χ0) is 15.2. The number of rotatable bonds is 7. The van der Waals surface area contributed by atoms with Crippen LogP contribution in [0.15, 0.2) is 24.4 Å². The van der Waals surface area contributed by atoms with Crippen LogP contribution < -0.4 is 4.74 Å². The number of aromatic amines is 1. The van der Waals surface area contributed by atoms with Gasteiger partial charge in [-0.1, -0.05) is 13.8 Å². The number of aromatic nitrogens is 1. The molecule has 4 nitrogen and oxygen atoms in total. The Kier molecular flexibility index (Phi) is 5.24. The van der Waals surface area contributed by atoms with Gasteiger partial charge in [0.1, 0.15) is 11.8 Å². The summed E-state index contributed by atoms with van der Waals surface area (Å²) in [5, 5.41) is 10.7. The van der Waals surface area contributed by atoms with Crippen LogP contribution in [-0.2, 0) is 0 Å². The van der Waals surface area contributed by atoms with E-state index in [1.165, 1.54) is 0 Å². The molecule has 0 saturated carbocycles. The molecule has 0 fully saturated rings. The third kappa shape index (κ3) is 3.20. The van der Waals surface area contributed by atoms with Crippen molar-refractivity contribution in [1.29, 1.82) is 5.26 Å². The Bertz CT molecular complexity index is 620. The SMILES string of the molecule is CCCN(CCC)C(C#N)c1c[nH]c2ccc(OC)cc12. The summed E-state index contributed by atoms with van der Waals surface area (Å²) >= 11 is 0. The fourth-order valence-corrected chi connectivity index (χ4v) is 2.77. The summed E-state index contributed by atoms with van der Waals surface area (Å²) in [4.78, 5) is 5.51. The highest BCUT2D eigenvalue weighted by molar-refractivity contribution is 5.85. The number of benzene rings is 1. The zero-order valence-electron chi connectivity index (χ0n) is 13.0. The first kappa shape index (κ1) is 15.4. The Morgan fingerprint density at radius 2 is 2.00 bits per heavy atom. The third-order valence-electron chi connectivity index (χ3n) is 3.72. The van der Waals surface area contributed by atoms with Gasteiger partial charge in [0.15, 0.2) is 0 Å². The van der Waals surface area contributed by atoms with Crippen LogP contribution in [0.3, 0.4) is 0 Å². The fourth-order valence-electron chi connectivity index (χ4n) is 2.77. The molecule has 0 saturated heterocycles. The van der Waals surface area contributed by atoms with Crippen LogP contribution in [0.1, 0.15) is 38.3 Å². The molecule has 0 spiro atoms. The van der Waals surface area contributed by atoms with E-state index < -0.39 is 0 Å². The molecule has 1 heterocycles. The number of nitriles is 1. The summed E-state index contributed by atoms with van der Waals surface area (Å²) in [6.07, 6.45) is 4.05. The summed E-state index contributed by atoms with van der Waals surface area (Å²) in [5.74, 6) is 0.817. The fraction of sp³-hybridized carbons (Fsp3) is 0.471. The van der Waals surface area contributed by atoms with Gasteiger partial charge < -0.3 is 9.72 Å². The van der Waals surface area contributed by atoms with Crippen molar-refractivity contribution in [3.05, 3.63) is 30.0 Å². The highest BCUT2D eigenvalue weighted by Gasteiger charge is 2.22. The van der Waals surface area contributed by atoms with E-state index in [2.05, 4.69) is 29.8 Å². The maximum absolute atomic E-state index is 9.67. The first-order chi connectivity index (χ1) is 10.2. The topological polar surface area (TPSA) is 52.0 Å². The average Bonchev–Trinajstić information content (AvgIpc) is 2.91. The molecule has 0 aliphatic heterocycles. The number of hydrogen-bond acceptors (Lipinski definition) is 3. The number of fused-ring (bicyclic) bond motifs is 1.